The largest absolute Gasteiger partial charge is 0.369 e. The maximum Gasteiger partial charge on any atom is 0.253 e. The number of primary amides is 1. The highest BCUT2D eigenvalue weighted by molar-refractivity contribution is 5.95. The van der Waals surface area contributed by atoms with Crippen molar-refractivity contribution >= 4 is 11.8 Å². The molecule has 0 aliphatic rings. The summed E-state index contributed by atoms with van der Waals surface area (Å²) in [6.45, 7) is 1.95. The smallest absolute Gasteiger partial charge is 0.253 e. The second-order valence-electron chi connectivity index (χ2n) is 5.19. The van der Waals surface area contributed by atoms with E-state index in [1.807, 2.05) is 6.92 Å². The van der Waals surface area contributed by atoms with Crippen LogP contribution in [0.25, 0.3) is 0 Å². The molecular formula is C16H18FN3O2. The van der Waals surface area contributed by atoms with Crippen molar-refractivity contribution in [2.75, 3.05) is 6.54 Å². The third-order valence-electron chi connectivity index (χ3n) is 3.50. The van der Waals surface area contributed by atoms with Gasteiger partial charge in [0, 0.05) is 18.9 Å². The number of hydrogen-bond acceptors (Lipinski definition) is 2. The Balaban J connectivity index is 1.97. The minimum Gasteiger partial charge on any atom is -0.369 e. The predicted molar refractivity (Wildman–Crippen MR) is 80.7 cm³/mol. The summed E-state index contributed by atoms with van der Waals surface area (Å²) in [4.78, 5) is 26.4. The van der Waals surface area contributed by atoms with Crippen LogP contribution in [0.1, 0.15) is 21.5 Å². The van der Waals surface area contributed by atoms with E-state index in [1.165, 1.54) is 12.1 Å². The van der Waals surface area contributed by atoms with Gasteiger partial charge in [-0.2, -0.15) is 0 Å². The first-order chi connectivity index (χ1) is 10.5. The number of aromatic nitrogens is 1. The van der Waals surface area contributed by atoms with Crippen molar-refractivity contribution < 1.29 is 14.0 Å². The highest BCUT2D eigenvalue weighted by Crippen LogP contribution is 2.10. The third kappa shape index (κ3) is 3.94. The molecule has 0 fully saturated rings. The highest BCUT2D eigenvalue weighted by atomic mass is 19.1. The van der Waals surface area contributed by atoms with Crippen LogP contribution in [0.5, 0.6) is 0 Å². The number of nitrogens with one attached hydrogen (secondary N) is 2. The molecule has 0 unspecified atom stereocenters. The van der Waals surface area contributed by atoms with Gasteiger partial charge >= 0.3 is 0 Å². The molecule has 0 radical (unpaired) electrons. The first-order valence-electron chi connectivity index (χ1n) is 6.92. The van der Waals surface area contributed by atoms with Gasteiger partial charge in [-0.05, 0) is 36.6 Å². The molecule has 0 saturated heterocycles. The Morgan fingerprint density at radius 2 is 1.95 bits per heavy atom. The number of aryl methyl sites for hydroxylation is 1. The first kappa shape index (κ1) is 15.8. The Labute approximate surface area is 127 Å². The molecule has 0 aliphatic heterocycles. The maximum absolute atomic E-state index is 12.9. The van der Waals surface area contributed by atoms with E-state index in [2.05, 4.69) is 10.3 Å². The van der Waals surface area contributed by atoms with E-state index in [4.69, 9.17) is 5.73 Å². The average Bonchev–Trinajstić information content (AvgIpc) is 2.91. The lowest BCUT2D eigenvalue weighted by atomic mass is 9.98. The molecule has 2 amide bonds. The number of rotatable bonds is 6. The summed E-state index contributed by atoms with van der Waals surface area (Å²) in [7, 11) is 0. The zero-order valence-electron chi connectivity index (χ0n) is 12.2. The van der Waals surface area contributed by atoms with Crippen molar-refractivity contribution in [3.05, 3.63) is 59.2 Å². The van der Waals surface area contributed by atoms with Gasteiger partial charge in [0.2, 0.25) is 5.91 Å². The fourth-order valence-corrected chi connectivity index (χ4v) is 2.18. The van der Waals surface area contributed by atoms with Gasteiger partial charge in [0.15, 0.2) is 0 Å². The zero-order valence-corrected chi connectivity index (χ0v) is 12.2. The van der Waals surface area contributed by atoms with Crippen molar-refractivity contribution in [1.82, 2.24) is 10.3 Å². The van der Waals surface area contributed by atoms with Crippen molar-refractivity contribution in [2.24, 2.45) is 11.7 Å². The second-order valence-corrected chi connectivity index (χ2v) is 5.19. The number of benzene rings is 1. The van der Waals surface area contributed by atoms with Crippen LogP contribution in [0.2, 0.25) is 0 Å². The molecule has 0 spiro atoms. The summed E-state index contributed by atoms with van der Waals surface area (Å²) < 4.78 is 12.9. The molecule has 0 bridgehead atoms. The topological polar surface area (TPSA) is 88.0 Å². The molecule has 4 N–H and O–H groups in total. The molecule has 5 nitrogen and oxygen atoms in total. The molecule has 1 heterocycles. The minimum atomic E-state index is -0.548. The van der Waals surface area contributed by atoms with E-state index < -0.39 is 11.8 Å². The van der Waals surface area contributed by atoms with Crippen molar-refractivity contribution in [1.29, 1.82) is 0 Å². The fourth-order valence-electron chi connectivity index (χ4n) is 2.18. The normalized spacial score (nSPS) is 11.9. The molecule has 0 aliphatic carbocycles. The van der Waals surface area contributed by atoms with E-state index in [9.17, 15) is 14.0 Å². The van der Waals surface area contributed by atoms with E-state index in [1.54, 1.807) is 24.5 Å². The number of H-pyrrole nitrogens is 1. The van der Waals surface area contributed by atoms with Crippen LogP contribution in [0.15, 0.2) is 36.7 Å². The predicted octanol–water partition coefficient (Wildman–Crippen LogP) is 1.54. The molecule has 1 aromatic carbocycles. The molecule has 116 valence electrons. The summed E-state index contributed by atoms with van der Waals surface area (Å²) in [6.07, 6.45) is 3.67. The number of carbonyl (C=O) groups is 2. The van der Waals surface area contributed by atoms with E-state index in [-0.39, 0.29) is 18.3 Å². The lowest BCUT2D eigenvalue weighted by Crippen LogP contribution is -2.37. The van der Waals surface area contributed by atoms with Crippen molar-refractivity contribution in [3.8, 4) is 0 Å². The van der Waals surface area contributed by atoms with Crippen LogP contribution in [-0.2, 0) is 11.2 Å². The standard InChI is InChI=1S/C16H18FN3O2/c1-10-7-19-9-14(10)16(22)20-8-12(15(18)21)6-11-2-4-13(17)5-3-11/h2-5,7,9,12,19H,6,8H2,1H3,(H2,18,21)(H,20,22)/t12-/m0/s1. The quantitative estimate of drug-likeness (QED) is 0.755. The van der Waals surface area contributed by atoms with Gasteiger partial charge in [-0.3, -0.25) is 9.59 Å². The lowest BCUT2D eigenvalue weighted by molar-refractivity contribution is -0.121. The maximum atomic E-state index is 12.9. The van der Waals surface area contributed by atoms with Crippen LogP contribution in [-0.4, -0.2) is 23.3 Å². The molecule has 6 heteroatoms. The molecule has 22 heavy (non-hydrogen) atoms. The van der Waals surface area contributed by atoms with Crippen LogP contribution >= 0.6 is 0 Å². The third-order valence-corrected chi connectivity index (χ3v) is 3.50. The Hall–Kier alpha value is -2.63. The number of nitrogens with two attached hydrogens (primary N) is 1. The van der Waals surface area contributed by atoms with E-state index >= 15 is 0 Å². The molecule has 0 saturated carbocycles. The van der Waals surface area contributed by atoms with Gasteiger partial charge in [0.25, 0.3) is 5.91 Å². The SMILES string of the molecule is Cc1c[nH]cc1C(=O)NC[C@H](Cc1ccc(F)cc1)C(N)=O. The molecular weight excluding hydrogens is 285 g/mol. The van der Waals surface area contributed by atoms with Crippen molar-refractivity contribution in [2.45, 2.75) is 13.3 Å². The first-order valence-corrected chi connectivity index (χ1v) is 6.92. The number of amides is 2. The minimum absolute atomic E-state index is 0.135. The number of hydrogen-bond donors (Lipinski definition) is 3. The van der Waals surface area contributed by atoms with Gasteiger partial charge in [-0.25, -0.2) is 4.39 Å². The van der Waals surface area contributed by atoms with Crippen molar-refractivity contribution in [3.63, 3.8) is 0 Å². The molecule has 1 aromatic heterocycles. The second kappa shape index (κ2) is 6.89. The average molecular weight is 303 g/mol. The Bertz CT molecular complexity index is 664. The Morgan fingerprint density at radius 1 is 1.27 bits per heavy atom. The van der Waals surface area contributed by atoms with Gasteiger partial charge in [0.1, 0.15) is 5.82 Å². The van der Waals surface area contributed by atoms with Gasteiger partial charge in [-0.15, -0.1) is 0 Å². The van der Waals surface area contributed by atoms with Crippen LogP contribution in [0.3, 0.4) is 0 Å². The van der Waals surface area contributed by atoms with Crippen LogP contribution in [0.4, 0.5) is 4.39 Å². The van der Waals surface area contributed by atoms with Gasteiger partial charge < -0.3 is 16.0 Å². The highest BCUT2D eigenvalue weighted by Gasteiger charge is 2.18. The Morgan fingerprint density at radius 3 is 2.50 bits per heavy atom. The summed E-state index contributed by atoms with van der Waals surface area (Å²) in [5.74, 6) is -1.65. The van der Waals surface area contributed by atoms with Crippen LogP contribution in [0, 0.1) is 18.7 Å². The zero-order chi connectivity index (χ0) is 16.1. The van der Waals surface area contributed by atoms with E-state index in [0.717, 1.165) is 11.1 Å². The molecule has 2 aromatic rings. The number of aromatic amines is 1. The van der Waals surface area contributed by atoms with Gasteiger partial charge in [0.05, 0.1) is 11.5 Å². The summed E-state index contributed by atoms with van der Waals surface area (Å²) in [5, 5.41) is 2.71. The lowest BCUT2D eigenvalue weighted by Gasteiger charge is -2.14. The number of carbonyl (C=O) groups excluding carboxylic acids is 2. The summed E-state index contributed by atoms with van der Waals surface area (Å²) in [5.41, 5.74) is 7.53. The van der Waals surface area contributed by atoms with E-state index in [0.29, 0.717) is 12.0 Å². The number of halogens is 1. The van der Waals surface area contributed by atoms with Crippen LogP contribution < -0.4 is 11.1 Å². The van der Waals surface area contributed by atoms with Gasteiger partial charge in [-0.1, -0.05) is 12.1 Å². The fraction of sp³-hybridized carbons (Fsp3) is 0.250. The summed E-state index contributed by atoms with van der Waals surface area (Å²) in [6, 6.07) is 5.86. The molecule has 2 rings (SSSR count). The Kier molecular flexibility index (Phi) is 4.93. The monoisotopic (exact) mass is 303 g/mol. The molecule has 1 atom stereocenters. The summed E-state index contributed by atoms with van der Waals surface area (Å²) >= 11 is 0.